The minimum absolute atomic E-state index is 0.171. The number of rotatable bonds is 8. The van der Waals surface area contributed by atoms with Crippen molar-refractivity contribution in [3.63, 3.8) is 0 Å². The predicted molar refractivity (Wildman–Crippen MR) is 136 cm³/mol. The van der Waals surface area contributed by atoms with Crippen molar-refractivity contribution in [3.05, 3.63) is 64.7 Å². The van der Waals surface area contributed by atoms with Crippen LogP contribution in [-0.2, 0) is 14.3 Å². The summed E-state index contributed by atoms with van der Waals surface area (Å²) in [6, 6.07) is 10.8. The highest BCUT2D eigenvalue weighted by Crippen LogP contribution is 2.28. The summed E-state index contributed by atoms with van der Waals surface area (Å²) in [4.78, 5) is 40.8. The Hall–Kier alpha value is -3.39. The summed E-state index contributed by atoms with van der Waals surface area (Å²) in [7, 11) is 0. The molecule has 2 atom stereocenters. The lowest BCUT2D eigenvalue weighted by molar-refractivity contribution is -0.141. The number of ether oxygens (including phenoxy) is 1. The number of benzene rings is 2. The van der Waals surface area contributed by atoms with Crippen molar-refractivity contribution in [2.45, 2.75) is 66.2 Å². The number of aliphatic hydroxyl groups excluding tert-OH is 1. The maximum absolute atomic E-state index is 13.6. The first kappa shape index (κ1) is 27.9. The molecule has 0 saturated heterocycles. The quantitative estimate of drug-likeness (QED) is 0.526. The number of carbonyl (C=O) groups excluding carboxylic acids is 3. The first-order valence-electron chi connectivity index (χ1n) is 11.7. The first-order valence-corrected chi connectivity index (χ1v) is 11.7. The molecule has 35 heavy (non-hydrogen) atoms. The molecule has 3 amide bonds. The number of aliphatic hydroxyl groups is 1. The molecule has 0 bridgehead atoms. The van der Waals surface area contributed by atoms with E-state index in [4.69, 9.17) is 4.74 Å². The number of aryl methyl sites for hydroxylation is 3. The van der Waals surface area contributed by atoms with E-state index >= 15 is 0 Å². The average molecular weight is 484 g/mol. The van der Waals surface area contributed by atoms with Crippen molar-refractivity contribution in [2.24, 2.45) is 0 Å². The van der Waals surface area contributed by atoms with E-state index in [2.05, 4.69) is 10.6 Å². The van der Waals surface area contributed by atoms with Crippen LogP contribution in [0.4, 0.5) is 10.5 Å². The van der Waals surface area contributed by atoms with Gasteiger partial charge in [0.15, 0.2) is 0 Å². The van der Waals surface area contributed by atoms with E-state index in [1.165, 1.54) is 4.90 Å². The zero-order valence-electron chi connectivity index (χ0n) is 21.6. The van der Waals surface area contributed by atoms with Crippen molar-refractivity contribution >= 4 is 23.6 Å². The molecule has 8 nitrogen and oxygen atoms in total. The number of para-hydroxylation sites is 1. The molecule has 0 fully saturated rings. The Morgan fingerprint density at radius 1 is 1.03 bits per heavy atom. The van der Waals surface area contributed by atoms with Crippen LogP contribution in [0.15, 0.2) is 42.5 Å². The van der Waals surface area contributed by atoms with Crippen LogP contribution in [0.1, 0.15) is 56.0 Å². The number of nitrogens with one attached hydrogen (secondary N) is 2. The van der Waals surface area contributed by atoms with Gasteiger partial charge in [0.05, 0.1) is 6.61 Å². The van der Waals surface area contributed by atoms with Crippen LogP contribution in [0.5, 0.6) is 0 Å². The van der Waals surface area contributed by atoms with Gasteiger partial charge in [-0.1, -0.05) is 42.0 Å². The van der Waals surface area contributed by atoms with E-state index in [1.807, 2.05) is 57.2 Å². The Kier molecular flexibility index (Phi) is 9.42. The van der Waals surface area contributed by atoms with Crippen LogP contribution < -0.4 is 10.6 Å². The summed E-state index contributed by atoms with van der Waals surface area (Å²) in [6.07, 6.45) is -0.826. The lowest BCUT2D eigenvalue weighted by Gasteiger charge is -2.34. The van der Waals surface area contributed by atoms with Crippen LogP contribution in [0.2, 0.25) is 0 Å². The Labute approximate surface area is 207 Å². The van der Waals surface area contributed by atoms with Crippen molar-refractivity contribution in [2.75, 3.05) is 18.5 Å². The van der Waals surface area contributed by atoms with Gasteiger partial charge in [0, 0.05) is 12.2 Å². The van der Waals surface area contributed by atoms with E-state index < -0.39 is 42.2 Å². The maximum atomic E-state index is 13.6. The summed E-state index contributed by atoms with van der Waals surface area (Å²) in [5.41, 5.74) is 3.29. The topological polar surface area (TPSA) is 108 Å². The zero-order valence-corrected chi connectivity index (χ0v) is 21.6. The van der Waals surface area contributed by atoms with Gasteiger partial charge >= 0.3 is 6.09 Å². The molecule has 2 unspecified atom stereocenters. The zero-order chi connectivity index (χ0) is 26.3. The Morgan fingerprint density at radius 2 is 1.69 bits per heavy atom. The van der Waals surface area contributed by atoms with E-state index in [9.17, 15) is 19.5 Å². The molecule has 3 N–H and O–H groups in total. The number of nitrogens with zero attached hydrogens (tertiary/aromatic N) is 1. The smallest absolute Gasteiger partial charge is 0.408 e. The summed E-state index contributed by atoms with van der Waals surface area (Å²) in [5, 5.41) is 15.3. The second-order valence-electron chi connectivity index (χ2n) is 9.57. The van der Waals surface area contributed by atoms with Gasteiger partial charge in [0.25, 0.3) is 5.91 Å². The second-order valence-corrected chi connectivity index (χ2v) is 9.57. The Bertz CT molecular complexity index is 1060. The Balaban J connectivity index is 2.45. The minimum atomic E-state index is -1.27. The van der Waals surface area contributed by atoms with Crippen molar-refractivity contribution in [1.29, 1.82) is 0 Å². The van der Waals surface area contributed by atoms with Crippen molar-refractivity contribution < 1.29 is 24.2 Å². The summed E-state index contributed by atoms with van der Waals surface area (Å²) >= 11 is 0. The third kappa shape index (κ3) is 7.55. The summed E-state index contributed by atoms with van der Waals surface area (Å²) in [6.45, 7) is 12.1. The number of amides is 3. The molecule has 190 valence electrons. The molecule has 0 aliphatic heterocycles. The molecule has 0 radical (unpaired) electrons. The summed E-state index contributed by atoms with van der Waals surface area (Å²) in [5.74, 6) is -0.985. The second kappa shape index (κ2) is 11.8. The molecule has 0 saturated carbocycles. The van der Waals surface area contributed by atoms with Crippen LogP contribution in [0.3, 0.4) is 0 Å². The van der Waals surface area contributed by atoms with Gasteiger partial charge in [0.1, 0.15) is 17.7 Å². The van der Waals surface area contributed by atoms with Crippen LogP contribution in [0.25, 0.3) is 0 Å². The van der Waals surface area contributed by atoms with Gasteiger partial charge in [-0.05, 0) is 71.2 Å². The lowest BCUT2D eigenvalue weighted by atomic mass is 9.96. The monoisotopic (exact) mass is 483 g/mol. The standard InChI is InChI=1S/C27H37N3O5/c1-8-30(25(33)22(16-31)29-26(34)35-27(5,6)7)23(20-14-13-17(2)15-19(20)4)24(32)28-21-12-10-9-11-18(21)3/h9-15,22-23,31H,8,16H2,1-7H3,(H,28,32)(H,29,34). The fourth-order valence-electron chi connectivity index (χ4n) is 3.80. The molecule has 2 aromatic rings. The molecule has 0 spiro atoms. The van der Waals surface area contributed by atoms with E-state index in [0.717, 1.165) is 16.7 Å². The molecule has 2 aromatic carbocycles. The van der Waals surface area contributed by atoms with Gasteiger partial charge in [-0.2, -0.15) is 0 Å². The fourth-order valence-corrected chi connectivity index (χ4v) is 3.80. The van der Waals surface area contributed by atoms with E-state index in [-0.39, 0.29) is 6.54 Å². The number of anilines is 1. The van der Waals surface area contributed by atoms with Gasteiger partial charge in [-0.3, -0.25) is 9.59 Å². The molecule has 0 aromatic heterocycles. The number of hydrogen-bond acceptors (Lipinski definition) is 5. The fraction of sp³-hybridized carbons (Fsp3) is 0.444. The predicted octanol–water partition coefficient (Wildman–Crippen LogP) is 4.03. The Morgan fingerprint density at radius 3 is 2.23 bits per heavy atom. The largest absolute Gasteiger partial charge is 0.444 e. The summed E-state index contributed by atoms with van der Waals surface area (Å²) < 4.78 is 5.24. The molecule has 0 aliphatic rings. The van der Waals surface area contributed by atoms with Crippen LogP contribution in [0, 0.1) is 20.8 Å². The molecule has 2 rings (SSSR count). The SMILES string of the molecule is CCN(C(=O)C(CO)NC(=O)OC(C)(C)C)C(C(=O)Nc1ccccc1C)c1ccc(C)cc1C. The van der Waals surface area contributed by atoms with Gasteiger partial charge in [0.2, 0.25) is 5.91 Å². The highest BCUT2D eigenvalue weighted by atomic mass is 16.6. The first-order chi connectivity index (χ1) is 16.4. The van der Waals surface area contributed by atoms with Crippen molar-refractivity contribution in [1.82, 2.24) is 10.2 Å². The third-order valence-corrected chi connectivity index (χ3v) is 5.48. The molecule has 0 aliphatic carbocycles. The third-order valence-electron chi connectivity index (χ3n) is 5.48. The molecule has 0 heterocycles. The minimum Gasteiger partial charge on any atom is -0.444 e. The highest BCUT2D eigenvalue weighted by molar-refractivity contribution is 5.99. The average Bonchev–Trinajstić information content (AvgIpc) is 2.76. The van der Waals surface area contributed by atoms with Gasteiger partial charge < -0.3 is 25.4 Å². The van der Waals surface area contributed by atoms with Crippen LogP contribution in [-0.4, -0.2) is 52.7 Å². The van der Waals surface area contributed by atoms with E-state index in [0.29, 0.717) is 11.3 Å². The van der Waals surface area contributed by atoms with Crippen molar-refractivity contribution in [3.8, 4) is 0 Å². The molecular weight excluding hydrogens is 446 g/mol. The number of carbonyl (C=O) groups is 3. The number of hydrogen-bond donors (Lipinski definition) is 3. The van der Waals surface area contributed by atoms with E-state index in [1.54, 1.807) is 33.8 Å². The lowest BCUT2D eigenvalue weighted by Crippen LogP contribution is -2.53. The van der Waals surface area contributed by atoms with Crippen LogP contribution >= 0.6 is 0 Å². The number of alkyl carbamates (subject to hydrolysis) is 1. The van der Waals surface area contributed by atoms with Gasteiger partial charge in [-0.15, -0.1) is 0 Å². The number of likely N-dealkylation sites (N-methyl/N-ethyl adjacent to an activating group) is 1. The molecular formula is C27H37N3O5. The normalized spacial score (nSPS) is 12.9. The molecule has 8 heteroatoms. The maximum Gasteiger partial charge on any atom is 0.408 e. The van der Waals surface area contributed by atoms with Gasteiger partial charge in [-0.25, -0.2) is 4.79 Å². The highest BCUT2D eigenvalue weighted by Gasteiger charge is 2.36.